The van der Waals surface area contributed by atoms with Crippen molar-refractivity contribution >= 4 is 11.5 Å². The maximum atomic E-state index is 13.9. The Hall–Kier alpha value is -4.55. The van der Waals surface area contributed by atoms with Crippen LogP contribution in [0.25, 0.3) is 5.57 Å². The fraction of sp³-hybridized carbons (Fsp3) is 0.250. The molecule has 218 valence electrons. The lowest BCUT2D eigenvalue weighted by Gasteiger charge is -2.22. The molecule has 0 saturated carbocycles. The number of hydrogen-bond acceptors (Lipinski definition) is 5. The largest absolute Gasteiger partial charge is 0.492 e. The smallest absolute Gasteiger partial charge is 0.257 e. The summed E-state index contributed by atoms with van der Waals surface area (Å²) in [6.07, 6.45) is 0. The number of carbonyl (C=O) groups is 1. The summed E-state index contributed by atoms with van der Waals surface area (Å²) < 4.78 is 18.4. The molecule has 0 heterocycles. The average Bonchev–Trinajstić information content (AvgIpc) is 2.99. The van der Waals surface area contributed by atoms with Gasteiger partial charge in [-0.05, 0) is 61.5 Å². The Morgan fingerprint density at radius 2 is 1.26 bits per heavy atom. The molecule has 1 amide bonds. The number of hydrogen-bond donors (Lipinski definition) is 0. The van der Waals surface area contributed by atoms with Crippen LogP contribution >= 0.6 is 0 Å². The number of nitrogens with zero attached hydrogens (tertiary/aromatic N) is 2. The van der Waals surface area contributed by atoms with E-state index in [0.717, 1.165) is 40.1 Å². The van der Waals surface area contributed by atoms with Gasteiger partial charge in [0.2, 0.25) is 0 Å². The Labute approximate surface area is 249 Å². The van der Waals surface area contributed by atoms with Crippen LogP contribution in [0.15, 0.2) is 104 Å². The van der Waals surface area contributed by atoms with Gasteiger partial charge in [0, 0.05) is 31.8 Å². The van der Waals surface area contributed by atoms with Crippen molar-refractivity contribution in [2.75, 3.05) is 34.3 Å². The minimum atomic E-state index is -0.158. The van der Waals surface area contributed by atoms with E-state index in [-0.39, 0.29) is 5.91 Å². The molecule has 0 N–H and O–H groups in total. The zero-order valence-corrected chi connectivity index (χ0v) is 25.0. The van der Waals surface area contributed by atoms with Crippen molar-refractivity contribution < 1.29 is 19.0 Å². The van der Waals surface area contributed by atoms with Gasteiger partial charge in [0.1, 0.15) is 37.1 Å². The molecule has 0 unspecified atom stereocenters. The van der Waals surface area contributed by atoms with Crippen LogP contribution in [0.2, 0.25) is 0 Å². The first-order valence-electron chi connectivity index (χ1n) is 14.1. The quantitative estimate of drug-likeness (QED) is 0.164. The zero-order chi connectivity index (χ0) is 29.9. The predicted octanol–water partition coefficient (Wildman–Crippen LogP) is 7.09. The first-order valence-corrected chi connectivity index (χ1v) is 14.1. The van der Waals surface area contributed by atoms with Gasteiger partial charge in [-0.3, -0.25) is 4.79 Å². The van der Waals surface area contributed by atoms with E-state index in [1.807, 2.05) is 118 Å². The highest BCUT2D eigenvalue weighted by Crippen LogP contribution is 2.35. The third-order valence-electron chi connectivity index (χ3n) is 6.72. The van der Waals surface area contributed by atoms with E-state index in [9.17, 15) is 4.79 Å². The third-order valence-corrected chi connectivity index (χ3v) is 6.72. The van der Waals surface area contributed by atoms with Crippen LogP contribution in [0.5, 0.6) is 17.2 Å². The first-order chi connectivity index (χ1) is 20.3. The summed E-state index contributed by atoms with van der Waals surface area (Å²) in [6.45, 7) is 8.61. The molecular weight excluding hydrogens is 524 g/mol. The van der Waals surface area contributed by atoms with Crippen LogP contribution < -0.4 is 14.2 Å². The lowest BCUT2D eigenvalue weighted by atomic mass is 10.0. The molecule has 0 aliphatic heterocycles. The van der Waals surface area contributed by atoms with Gasteiger partial charge in [0.05, 0.1) is 5.56 Å². The van der Waals surface area contributed by atoms with Crippen molar-refractivity contribution in [2.24, 2.45) is 0 Å². The topological polar surface area (TPSA) is 51.2 Å². The number of amides is 1. The van der Waals surface area contributed by atoms with Crippen LogP contribution in [0.4, 0.5) is 0 Å². The lowest BCUT2D eigenvalue weighted by Crippen LogP contribution is -2.27. The normalized spacial score (nSPS) is 10.8. The van der Waals surface area contributed by atoms with Gasteiger partial charge < -0.3 is 24.0 Å². The Kier molecular flexibility index (Phi) is 10.8. The second-order valence-corrected chi connectivity index (χ2v) is 10.6. The standard InChI is InChI=1S/C36H40N2O4/c1-27(2)32-22-33(36(39)38(5)24-30-17-12-18-31(21-30)40-20-19-37(3)4)35(42-26-29-15-10-7-11-16-29)23-34(32)41-25-28-13-8-6-9-14-28/h6-18,21-23H,1,19-20,24-26H2,2-5H3. The van der Waals surface area contributed by atoms with Gasteiger partial charge >= 0.3 is 0 Å². The van der Waals surface area contributed by atoms with E-state index in [0.29, 0.717) is 43.4 Å². The van der Waals surface area contributed by atoms with Crippen LogP contribution in [-0.2, 0) is 19.8 Å². The van der Waals surface area contributed by atoms with Crippen molar-refractivity contribution in [3.8, 4) is 17.2 Å². The molecule has 4 aromatic rings. The second-order valence-electron chi connectivity index (χ2n) is 10.6. The minimum absolute atomic E-state index is 0.158. The van der Waals surface area contributed by atoms with Crippen LogP contribution in [-0.4, -0.2) is 50.0 Å². The van der Waals surface area contributed by atoms with Gasteiger partial charge in [-0.1, -0.05) is 79.4 Å². The molecule has 0 bridgehead atoms. The fourth-order valence-electron chi connectivity index (χ4n) is 4.40. The molecule has 6 nitrogen and oxygen atoms in total. The molecule has 0 fully saturated rings. The summed E-state index contributed by atoms with van der Waals surface area (Å²) in [5.74, 6) is 1.71. The number of benzene rings is 4. The van der Waals surface area contributed by atoms with Crippen molar-refractivity contribution in [3.63, 3.8) is 0 Å². The fourth-order valence-corrected chi connectivity index (χ4v) is 4.40. The van der Waals surface area contributed by atoms with E-state index < -0.39 is 0 Å². The lowest BCUT2D eigenvalue weighted by molar-refractivity contribution is 0.0780. The molecule has 4 aromatic carbocycles. The number of rotatable bonds is 14. The first kappa shape index (κ1) is 30.4. The number of carbonyl (C=O) groups excluding carboxylic acids is 1. The molecule has 0 atom stereocenters. The second kappa shape index (κ2) is 14.9. The van der Waals surface area contributed by atoms with E-state index in [1.54, 1.807) is 11.9 Å². The SMILES string of the molecule is C=C(C)c1cc(C(=O)N(C)Cc2cccc(OCCN(C)C)c2)c(OCc2ccccc2)cc1OCc1ccccc1. The summed E-state index contributed by atoms with van der Waals surface area (Å²) in [4.78, 5) is 17.7. The van der Waals surface area contributed by atoms with Gasteiger partial charge in [0.25, 0.3) is 5.91 Å². The molecule has 4 rings (SSSR count). The molecule has 0 aliphatic rings. The van der Waals surface area contributed by atoms with Gasteiger partial charge in [-0.25, -0.2) is 0 Å². The summed E-state index contributed by atoms with van der Waals surface area (Å²) in [6, 6.07) is 31.4. The van der Waals surface area contributed by atoms with Crippen molar-refractivity contribution in [1.82, 2.24) is 9.80 Å². The summed E-state index contributed by atoms with van der Waals surface area (Å²) in [7, 11) is 5.82. The average molecular weight is 565 g/mol. The van der Waals surface area contributed by atoms with Crippen LogP contribution in [0.1, 0.15) is 39.5 Å². The van der Waals surface area contributed by atoms with E-state index in [2.05, 4.69) is 11.5 Å². The summed E-state index contributed by atoms with van der Waals surface area (Å²) >= 11 is 0. The molecule has 6 heteroatoms. The summed E-state index contributed by atoms with van der Waals surface area (Å²) in [5.41, 5.74) is 5.05. The maximum Gasteiger partial charge on any atom is 0.257 e. The van der Waals surface area contributed by atoms with Gasteiger partial charge in [-0.2, -0.15) is 0 Å². The number of allylic oxidation sites excluding steroid dienone is 1. The molecule has 0 spiro atoms. The minimum Gasteiger partial charge on any atom is -0.492 e. The highest BCUT2D eigenvalue weighted by Gasteiger charge is 2.22. The molecule has 42 heavy (non-hydrogen) atoms. The Morgan fingerprint density at radius 3 is 1.83 bits per heavy atom. The molecule has 0 saturated heterocycles. The third kappa shape index (κ3) is 8.72. The molecule has 0 radical (unpaired) electrons. The number of likely N-dealkylation sites (N-methyl/N-ethyl adjacent to an activating group) is 1. The van der Waals surface area contributed by atoms with Crippen LogP contribution in [0, 0.1) is 0 Å². The van der Waals surface area contributed by atoms with Crippen LogP contribution in [0.3, 0.4) is 0 Å². The van der Waals surface area contributed by atoms with Crippen molar-refractivity contribution in [1.29, 1.82) is 0 Å². The van der Waals surface area contributed by atoms with Gasteiger partial charge in [-0.15, -0.1) is 0 Å². The Morgan fingerprint density at radius 1 is 0.690 bits per heavy atom. The molecule has 0 aromatic heterocycles. The Balaban J connectivity index is 1.59. The maximum absolute atomic E-state index is 13.9. The van der Waals surface area contributed by atoms with Crippen molar-refractivity contribution in [2.45, 2.75) is 26.7 Å². The highest BCUT2D eigenvalue weighted by atomic mass is 16.5. The predicted molar refractivity (Wildman–Crippen MR) is 169 cm³/mol. The summed E-state index contributed by atoms with van der Waals surface area (Å²) in [5, 5.41) is 0. The van der Waals surface area contributed by atoms with E-state index in [4.69, 9.17) is 14.2 Å². The molecule has 0 aliphatic carbocycles. The monoisotopic (exact) mass is 564 g/mol. The van der Waals surface area contributed by atoms with E-state index in [1.165, 1.54) is 0 Å². The Bertz CT molecular complexity index is 1470. The van der Waals surface area contributed by atoms with Gasteiger partial charge in [0.15, 0.2) is 0 Å². The zero-order valence-electron chi connectivity index (χ0n) is 25.0. The van der Waals surface area contributed by atoms with E-state index >= 15 is 0 Å². The van der Waals surface area contributed by atoms with Crippen molar-refractivity contribution in [3.05, 3.63) is 131 Å². The number of ether oxygens (including phenoxy) is 3. The highest BCUT2D eigenvalue weighted by molar-refractivity contribution is 5.98. The molecular formula is C36H40N2O4.